The maximum atomic E-state index is 12.8. The molecule has 2 aromatic heterocycles. The van der Waals surface area contributed by atoms with Crippen molar-refractivity contribution in [2.45, 2.75) is 5.22 Å². The SMILES string of the molecule is O=C(CSc1nnc(-c2ccncc2)o1)Nc1ccc(N2CCN(C(=O)c3ccccc3Br)CC2)cc1. The number of anilines is 2. The summed E-state index contributed by atoms with van der Waals surface area (Å²) < 4.78 is 6.42. The molecular formula is C26H23BrN6O3S. The highest BCUT2D eigenvalue weighted by molar-refractivity contribution is 9.10. The van der Waals surface area contributed by atoms with Crippen molar-refractivity contribution in [1.82, 2.24) is 20.1 Å². The Balaban J connectivity index is 1.09. The predicted octanol–water partition coefficient (Wildman–Crippen LogP) is 4.59. The minimum atomic E-state index is -0.166. The van der Waals surface area contributed by atoms with Gasteiger partial charge in [-0.15, -0.1) is 10.2 Å². The molecule has 0 aliphatic carbocycles. The van der Waals surface area contributed by atoms with Gasteiger partial charge >= 0.3 is 0 Å². The molecule has 1 aliphatic heterocycles. The Morgan fingerprint density at radius 1 is 0.946 bits per heavy atom. The van der Waals surface area contributed by atoms with E-state index in [1.54, 1.807) is 24.5 Å². The van der Waals surface area contributed by atoms with E-state index in [9.17, 15) is 9.59 Å². The fraction of sp³-hybridized carbons (Fsp3) is 0.192. The molecule has 9 nitrogen and oxygen atoms in total. The van der Waals surface area contributed by atoms with Crippen LogP contribution in [0.1, 0.15) is 10.4 Å². The van der Waals surface area contributed by atoms with E-state index in [0.717, 1.165) is 28.8 Å². The largest absolute Gasteiger partial charge is 0.411 e. The molecule has 11 heteroatoms. The Labute approximate surface area is 226 Å². The summed E-state index contributed by atoms with van der Waals surface area (Å²) in [5.74, 6) is 0.407. The molecular weight excluding hydrogens is 556 g/mol. The van der Waals surface area contributed by atoms with Crippen molar-refractivity contribution in [3.8, 4) is 11.5 Å². The van der Waals surface area contributed by atoms with E-state index in [-0.39, 0.29) is 17.6 Å². The van der Waals surface area contributed by atoms with Crippen molar-refractivity contribution in [2.24, 2.45) is 0 Å². The highest BCUT2D eigenvalue weighted by Gasteiger charge is 2.23. The molecule has 1 aliphatic rings. The number of aromatic nitrogens is 3. The molecule has 188 valence electrons. The van der Waals surface area contributed by atoms with E-state index in [1.165, 1.54) is 11.8 Å². The summed E-state index contributed by atoms with van der Waals surface area (Å²) in [5, 5.41) is 11.2. The number of hydrogen-bond donors (Lipinski definition) is 1. The first kappa shape index (κ1) is 25.0. The average molecular weight is 579 g/mol. The molecule has 1 saturated heterocycles. The standard InChI is InChI=1S/C26H23BrN6O3S/c27-22-4-2-1-3-21(22)25(35)33-15-13-32(14-16-33)20-7-5-19(6-8-20)29-23(34)17-37-26-31-30-24(36-26)18-9-11-28-12-10-18/h1-12H,13-17H2,(H,29,34). The van der Waals surface area contributed by atoms with Crippen LogP contribution in [0, 0.1) is 0 Å². The molecule has 1 N–H and O–H groups in total. The maximum absolute atomic E-state index is 12.8. The highest BCUT2D eigenvalue weighted by atomic mass is 79.9. The molecule has 0 atom stereocenters. The number of nitrogens with one attached hydrogen (secondary N) is 1. The number of nitrogens with zero attached hydrogens (tertiary/aromatic N) is 5. The van der Waals surface area contributed by atoms with Crippen LogP contribution in [0.25, 0.3) is 11.5 Å². The summed E-state index contributed by atoms with van der Waals surface area (Å²) >= 11 is 4.64. The van der Waals surface area contributed by atoms with Crippen molar-refractivity contribution in [1.29, 1.82) is 0 Å². The first-order valence-corrected chi connectivity index (χ1v) is 13.4. The predicted molar refractivity (Wildman–Crippen MR) is 146 cm³/mol. The van der Waals surface area contributed by atoms with Gasteiger partial charge in [-0.25, -0.2) is 0 Å². The number of thioether (sulfide) groups is 1. The molecule has 37 heavy (non-hydrogen) atoms. The number of carbonyl (C=O) groups excluding carboxylic acids is 2. The molecule has 0 saturated carbocycles. The Hall–Kier alpha value is -3.70. The smallest absolute Gasteiger partial charge is 0.277 e. The van der Waals surface area contributed by atoms with Crippen LogP contribution < -0.4 is 10.2 Å². The van der Waals surface area contributed by atoms with Gasteiger partial charge in [0.1, 0.15) is 0 Å². The topological polar surface area (TPSA) is 104 Å². The van der Waals surface area contributed by atoms with Crippen LogP contribution in [0.5, 0.6) is 0 Å². The van der Waals surface area contributed by atoms with Crippen LogP contribution in [0.15, 0.2) is 87.2 Å². The monoisotopic (exact) mass is 578 g/mol. The second-order valence-electron chi connectivity index (χ2n) is 8.25. The highest BCUT2D eigenvalue weighted by Crippen LogP contribution is 2.24. The van der Waals surface area contributed by atoms with Gasteiger partial charge in [0.25, 0.3) is 11.1 Å². The van der Waals surface area contributed by atoms with Crippen molar-refractivity contribution in [2.75, 3.05) is 42.1 Å². The van der Waals surface area contributed by atoms with Crippen molar-refractivity contribution in [3.05, 3.63) is 83.1 Å². The Morgan fingerprint density at radius 2 is 1.68 bits per heavy atom. The summed E-state index contributed by atoms with van der Waals surface area (Å²) in [5.41, 5.74) is 3.22. The van der Waals surface area contributed by atoms with Gasteiger partial charge in [-0.2, -0.15) is 0 Å². The molecule has 3 heterocycles. The summed E-state index contributed by atoms with van der Waals surface area (Å²) in [6.45, 7) is 2.78. The summed E-state index contributed by atoms with van der Waals surface area (Å²) in [6, 6.07) is 18.8. The minimum Gasteiger partial charge on any atom is -0.411 e. The molecule has 5 rings (SSSR count). The zero-order chi connectivity index (χ0) is 25.6. The minimum absolute atomic E-state index is 0.0391. The third-order valence-electron chi connectivity index (χ3n) is 5.85. The Kier molecular flexibility index (Phi) is 7.81. The lowest BCUT2D eigenvalue weighted by Gasteiger charge is -2.36. The first-order valence-electron chi connectivity index (χ1n) is 11.6. The van der Waals surface area contributed by atoms with Gasteiger partial charge in [0.2, 0.25) is 11.8 Å². The number of hydrogen-bond acceptors (Lipinski definition) is 8. The van der Waals surface area contributed by atoms with Crippen LogP contribution in [0.2, 0.25) is 0 Å². The maximum Gasteiger partial charge on any atom is 0.277 e. The number of piperazine rings is 1. The van der Waals surface area contributed by atoms with Crippen LogP contribution in [-0.2, 0) is 4.79 Å². The summed E-state index contributed by atoms with van der Waals surface area (Å²) in [4.78, 5) is 33.3. The lowest BCUT2D eigenvalue weighted by molar-refractivity contribution is -0.113. The summed E-state index contributed by atoms with van der Waals surface area (Å²) in [7, 11) is 0. The second-order valence-corrected chi connectivity index (χ2v) is 10.0. The zero-order valence-electron chi connectivity index (χ0n) is 19.7. The molecule has 0 radical (unpaired) electrons. The molecule has 0 unspecified atom stereocenters. The third-order valence-corrected chi connectivity index (χ3v) is 7.36. The van der Waals surface area contributed by atoms with E-state index in [4.69, 9.17) is 4.42 Å². The van der Waals surface area contributed by atoms with E-state index >= 15 is 0 Å². The van der Waals surface area contributed by atoms with Gasteiger partial charge in [0, 0.05) is 60.0 Å². The number of amides is 2. The number of rotatable bonds is 7. The number of carbonyl (C=O) groups is 2. The molecule has 2 aromatic carbocycles. The van der Waals surface area contributed by atoms with Crippen LogP contribution >= 0.6 is 27.7 Å². The lowest BCUT2D eigenvalue weighted by Crippen LogP contribution is -2.48. The van der Waals surface area contributed by atoms with E-state index < -0.39 is 0 Å². The van der Waals surface area contributed by atoms with Gasteiger partial charge in [0.05, 0.1) is 11.3 Å². The van der Waals surface area contributed by atoms with Gasteiger partial charge in [-0.3, -0.25) is 14.6 Å². The average Bonchev–Trinajstić information content (AvgIpc) is 3.42. The zero-order valence-corrected chi connectivity index (χ0v) is 22.1. The van der Waals surface area contributed by atoms with Crippen LogP contribution in [0.3, 0.4) is 0 Å². The Bertz CT molecular complexity index is 1370. The van der Waals surface area contributed by atoms with Gasteiger partial charge in [-0.1, -0.05) is 23.9 Å². The lowest BCUT2D eigenvalue weighted by atomic mass is 10.1. The normalized spacial score (nSPS) is 13.4. The number of halogens is 1. The fourth-order valence-corrected chi connectivity index (χ4v) is 4.95. The van der Waals surface area contributed by atoms with E-state index in [2.05, 4.69) is 41.3 Å². The van der Waals surface area contributed by atoms with Crippen molar-refractivity contribution in [3.63, 3.8) is 0 Å². The van der Waals surface area contributed by atoms with Gasteiger partial charge < -0.3 is 19.5 Å². The second kappa shape index (κ2) is 11.6. The van der Waals surface area contributed by atoms with Crippen molar-refractivity contribution >= 4 is 50.9 Å². The fourth-order valence-electron chi connectivity index (χ4n) is 3.93. The van der Waals surface area contributed by atoms with E-state index in [1.807, 2.05) is 53.4 Å². The van der Waals surface area contributed by atoms with Gasteiger partial charge in [0.15, 0.2) is 0 Å². The molecule has 1 fully saturated rings. The molecule has 0 bridgehead atoms. The van der Waals surface area contributed by atoms with Crippen LogP contribution in [0.4, 0.5) is 11.4 Å². The first-order chi connectivity index (χ1) is 18.1. The quantitative estimate of drug-likeness (QED) is 0.317. The van der Waals surface area contributed by atoms with Crippen molar-refractivity contribution < 1.29 is 14.0 Å². The number of pyridine rings is 1. The van der Waals surface area contributed by atoms with Crippen LogP contribution in [-0.4, -0.2) is 63.8 Å². The summed E-state index contributed by atoms with van der Waals surface area (Å²) in [6.07, 6.45) is 3.30. The van der Waals surface area contributed by atoms with Gasteiger partial charge in [-0.05, 0) is 64.5 Å². The molecule has 4 aromatic rings. The Morgan fingerprint density at radius 3 is 2.41 bits per heavy atom. The number of benzene rings is 2. The molecule has 2 amide bonds. The van der Waals surface area contributed by atoms with E-state index in [0.29, 0.717) is 35.5 Å². The molecule has 0 spiro atoms. The third kappa shape index (κ3) is 6.17.